The number of likely N-dealkylation sites (N-methyl/N-ethyl adjacent to an activating group) is 1. The van der Waals surface area contributed by atoms with Gasteiger partial charge in [0.05, 0.1) is 24.0 Å². The number of rotatable bonds is 9. The molecular weight excluding hydrogens is 438 g/mol. The lowest BCUT2D eigenvalue weighted by atomic mass is 9.98. The summed E-state index contributed by atoms with van der Waals surface area (Å²) in [5.41, 5.74) is 2.42. The van der Waals surface area contributed by atoms with Gasteiger partial charge >= 0.3 is 0 Å². The first-order chi connectivity index (χ1) is 15.8. The fourth-order valence-corrected chi connectivity index (χ4v) is 5.71. The number of aryl methyl sites for hydroxylation is 1. The van der Waals surface area contributed by atoms with Crippen LogP contribution in [0, 0.1) is 5.92 Å². The Balaban J connectivity index is 1.64. The molecule has 0 saturated carbocycles. The molecule has 3 rings (SSSR count). The van der Waals surface area contributed by atoms with E-state index < -0.39 is 10.0 Å². The van der Waals surface area contributed by atoms with E-state index in [0.717, 1.165) is 12.0 Å². The van der Waals surface area contributed by atoms with Crippen molar-refractivity contribution < 1.29 is 17.9 Å². The molecule has 0 bridgehead atoms. The van der Waals surface area contributed by atoms with Crippen molar-refractivity contribution >= 4 is 15.9 Å². The van der Waals surface area contributed by atoms with E-state index in [1.54, 1.807) is 31.4 Å². The standard InChI is InChI=1S/C25H35N3O4S/c1-5-19-8-10-20(11-9-19)24(27(2)3)17-26-25(29)21-7-6-16-28(18-21)33(30,31)23-14-12-22(32-4)13-15-23/h8-15,21,24H,5-7,16-18H2,1-4H3,(H,26,29)/t21-,24-/m1/s1. The Morgan fingerprint density at radius 3 is 2.39 bits per heavy atom. The zero-order valence-corrected chi connectivity index (χ0v) is 20.8. The summed E-state index contributed by atoms with van der Waals surface area (Å²) in [6.07, 6.45) is 2.32. The molecule has 0 radical (unpaired) electrons. The minimum atomic E-state index is -3.66. The summed E-state index contributed by atoms with van der Waals surface area (Å²) in [6.45, 7) is 3.21. The Morgan fingerprint density at radius 1 is 1.15 bits per heavy atom. The first-order valence-electron chi connectivity index (χ1n) is 11.4. The van der Waals surface area contributed by atoms with Gasteiger partial charge in [0.15, 0.2) is 0 Å². The van der Waals surface area contributed by atoms with Gasteiger partial charge in [0, 0.05) is 19.6 Å². The average molecular weight is 474 g/mol. The van der Waals surface area contributed by atoms with Gasteiger partial charge in [0.2, 0.25) is 15.9 Å². The fourth-order valence-electron chi connectivity index (χ4n) is 4.19. The first-order valence-corrected chi connectivity index (χ1v) is 12.9. The lowest BCUT2D eigenvalue weighted by Gasteiger charge is -2.32. The van der Waals surface area contributed by atoms with Crippen LogP contribution in [0.4, 0.5) is 0 Å². The van der Waals surface area contributed by atoms with Gasteiger partial charge in [-0.15, -0.1) is 0 Å². The Morgan fingerprint density at radius 2 is 1.82 bits per heavy atom. The number of hydrogen-bond donors (Lipinski definition) is 1. The maximum atomic E-state index is 13.1. The van der Waals surface area contributed by atoms with Crippen molar-refractivity contribution in [2.45, 2.75) is 37.1 Å². The van der Waals surface area contributed by atoms with Crippen molar-refractivity contribution in [2.24, 2.45) is 5.92 Å². The number of sulfonamides is 1. The van der Waals surface area contributed by atoms with Gasteiger partial charge in [0.1, 0.15) is 5.75 Å². The van der Waals surface area contributed by atoms with Gasteiger partial charge in [-0.2, -0.15) is 4.31 Å². The third kappa shape index (κ3) is 6.13. The SMILES string of the molecule is CCc1ccc([C@@H](CNC(=O)[C@@H]2CCCN(S(=O)(=O)c3ccc(OC)cc3)C2)N(C)C)cc1. The van der Waals surface area contributed by atoms with Crippen LogP contribution in [0.2, 0.25) is 0 Å². The normalized spacial score (nSPS) is 18.2. The van der Waals surface area contributed by atoms with Gasteiger partial charge in [-0.25, -0.2) is 8.42 Å². The number of piperidine rings is 1. The van der Waals surface area contributed by atoms with Crippen molar-refractivity contribution in [3.05, 3.63) is 59.7 Å². The Kier molecular flexibility index (Phi) is 8.51. The van der Waals surface area contributed by atoms with Crippen LogP contribution in [0.25, 0.3) is 0 Å². The number of carbonyl (C=O) groups excluding carboxylic acids is 1. The molecule has 180 valence electrons. The molecule has 1 amide bonds. The van der Waals surface area contributed by atoms with E-state index in [2.05, 4.69) is 41.4 Å². The maximum absolute atomic E-state index is 13.1. The minimum absolute atomic E-state index is 0.0441. The summed E-state index contributed by atoms with van der Waals surface area (Å²) in [5.74, 6) is 0.142. The Hall–Kier alpha value is -2.42. The van der Waals surface area contributed by atoms with Crippen molar-refractivity contribution in [3.63, 3.8) is 0 Å². The van der Waals surface area contributed by atoms with E-state index in [4.69, 9.17) is 4.74 Å². The first kappa shape index (κ1) is 25.2. The van der Waals surface area contributed by atoms with E-state index in [-0.39, 0.29) is 29.3 Å². The van der Waals surface area contributed by atoms with E-state index in [1.165, 1.54) is 9.87 Å². The molecule has 1 saturated heterocycles. The highest BCUT2D eigenvalue weighted by Crippen LogP contribution is 2.26. The molecule has 2 aromatic carbocycles. The molecule has 0 aromatic heterocycles. The van der Waals surface area contributed by atoms with Crippen LogP contribution in [0.1, 0.15) is 36.9 Å². The molecule has 2 atom stereocenters. The number of nitrogens with one attached hydrogen (secondary N) is 1. The highest BCUT2D eigenvalue weighted by molar-refractivity contribution is 7.89. The van der Waals surface area contributed by atoms with E-state index in [0.29, 0.717) is 31.7 Å². The summed E-state index contributed by atoms with van der Waals surface area (Å²) >= 11 is 0. The van der Waals surface area contributed by atoms with Crippen LogP contribution in [0.5, 0.6) is 5.75 Å². The lowest BCUT2D eigenvalue weighted by molar-refractivity contribution is -0.126. The molecule has 1 heterocycles. The molecule has 1 aliphatic heterocycles. The van der Waals surface area contributed by atoms with Crippen LogP contribution in [0.15, 0.2) is 53.4 Å². The molecule has 33 heavy (non-hydrogen) atoms. The molecule has 1 aliphatic rings. The average Bonchev–Trinajstić information content (AvgIpc) is 2.84. The van der Waals surface area contributed by atoms with Gasteiger partial charge in [0.25, 0.3) is 0 Å². The number of carbonyl (C=O) groups is 1. The van der Waals surface area contributed by atoms with Gasteiger partial charge < -0.3 is 15.0 Å². The second-order valence-corrected chi connectivity index (χ2v) is 10.6. The summed E-state index contributed by atoms with van der Waals surface area (Å²) in [4.78, 5) is 15.3. The van der Waals surface area contributed by atoms with Gasteiger partial charge in [-0.1, -0.05) is 31.2 Å². The quantitative estimate of drug-likeness (QED) is 0.606. The number of amides is 1. The predicted octanol–water partition coefficient (Wildman–Crippen LogP) is 3.08. The second kappa shape index (κ2) is 11.1. The van der Waals surface area contributed by atoms with Crippen LogP contribution < -0.4 is 10.1 Å². The molecule has 1 N–H and O–H groups in total. The summed E-state index contributed by atoms with van der Waals surface area (Å²) in [5, 5.41) is 3.07. The minimum Gasteiger partial charge on any atom is -0.497 e. The lowest BCUT2D eigenvalue weighted by Crippen LogP contribution is -2.46. The van der Waals surface area contributed by atoms with Crippen molar-refractivity contribution in [1.29, 1.82) is 0 Å². The topological polar surface area (TPSA) is 79.0 Å². The highest BCUT2D eigenvalue weighted by atomic mass is 32.2. The largest absolute Gasteiger partial charge is 0.497 e. The molecule has 7 nitrogen and oxygen atoms in total. The zero-order chi connectivity index (χ0) is 24.0. The highest BCUT2D eigenvalue weighted by Gasteiger charge is 2.33. The van der Waals surface area contributed by atoms with Crippen molar-refractivity contribution in [1.82, 2.24) is 14.5 Å². The van der Waals surface area contributed by atoms with E-state index in [1.807, 2.05) is 14.1 Å². The van der Waals surface area contributed by atoms with Gasteiger partial charge in [-0.3, -0.25) is 4.79 Å². The van der Waals surface area contributed by atoms with Crippen LogP contribution >= 0.6 is 0 Å². The fraction of sp³-hybridized carbons (Fsp3) is 0.480. The van der Waals surface area contributed by atoms with Crippen LogP contribution in [0.3, 0.4) is 0 Å². The van der Waals surface area contributed by atoms with Crippen LogP contribution in [-0.4, -0.2) is 64.4 Å². The number of ether oxygens (including phenoxy) is 1. The predicted molar refractivity (Wildman–Crippen MR) is 130 cm³/mol. The smallest absolute Gasteiger partial charge is 0.243 e. The van der Waals surface area contributed by atoms with Gasteiger partial charge in [-0.05, 0) is 68.8 Å². The molecular formula is C25H35N3O4S. The number of nitrogens with zero attached hydrogens (tertiary/aromatic N) is 2. The zero-order valence-electron chi connectivity index (χ0n) is 20.0. The maximum Gasteiger partial charge on any atom is 0.243 e. The molecule has 8 heteroatoms. The number of hydrogen-bond acceptors (Lipinski definition) is 5. The third-order valence-corrected chi connectivity index (χ3v) is 8.20. The van der Waals surface area contributed by atoms with E-state index >= 15 is 0 Å². The summed E-state index contributed by atoms with van der Waals surface area (Å²) < 4.78 is 32.7. The third-order valence-electron chi connectivity index (χ3n) is 6.32. The van der Waals surface area contributed by atoms with E-state index in [9.17, 15) is 13.2 Å². The van der Waals surface area contributed by atoms with Crippen LogP contribution in [-0.2, 0) is 21.2 Å². The number of benzene rings is 2. The van der Waals surface area contributed by atoms with Crippen molar-refractivity contribution in [3.8, 4) is 5.75 Å². The molecule has 1 fully saturated rings. The summed E-state index contributed by atoms with van der Waals surface area (Å²) in [6, 6.07) is 14.9. The molecule has 2 aromatic rings. The number of methoxy groups -OCH3 is 1. The van der Waals surface area contributed by atoms with Crippen molar-refractivity contribution in [2.75, 3.05) is 40.8 Å². The monoisotopic (exact) mass is 473 g/mol. The molecule has 0 spiro atoms. The molecule has 0 unspecified atom stereocenters. The summed E-state index contributed by atoms with van der Waals surface area (Å²) in [7, 11) is 1.87. The Labute approximate surface area is 197 Å². The molecule has 0 aliphatic carbocycles. The Bertz CT molecular complexity index is 1020. The second-order valence-electron chi connectivity index (χ2n) is 8.70.